The number of nitrogens with one attached hydrogen (secondary N) is 2. The van der Waals surface area contributed by atoms with Gasteiger partial charge in [0.15, 0.2) is 0 Å². The van der Waals surface area contributed by atoms with E-state index in [1.54, 1.807) is 18.7 Å². The Balaban J connectivity index is 1.65. The lowest BCUT2D eigenvalue weighted by Gasteiger charge is -2.10. The van der Waals surface area contributed by atoms with Crippen LogP contribution < -0.4 is 5.32 Å². The number of carbonyl (C=O) groups excluding carboxylic acids is 1. The fourth-order valence-corrected chi connectivity index (χ4v) is 2.71. The Labute approximate surface area is 133 Å². The summed E-state index contributed by atoms with van der Waals surface area (Å²) in [7, 11) is 0. The number of fused-ring (bicyclic) bond motifs is 1. The summed E-state index contributed by atoms with van der Waals surface area (Å²) in [6.45, 7) is 0.681. The number of aromatic amines is 1. The van der Waals surface area contributed by atoms with E-state index >= 15 is 0 Å². The molecule has 5 heteroatoms. The van der Waals surface area contributed by atoms with E-state index in [-0.39, 0.29) is 5.91 Å². The third kappa shape index (κ3) is 2.68. The topological polar surface area (TPSA) is 70.9 Å². The molecule has 1 aliphatic heterocycles. The summed E-state index contributed by atoms with van der Waals surface area (Å²) in [5.74, 6) is -0.0112. The molecule has 0 atom stereocenters. The minimum atomic E-state index is -0.0112. The normalized spacial score (nSPS) is 14.0. The molecule has 0 aliphatic carbocycles. The number of nitrogens with zero attached hydrogens (tertiary/aromatic N) is 1. The molecule has 0 fully saturated rings. The summed E-state index contributed by atoms with van der Waals surface area (Å²) in [6.07, 6.45) is 9.80. The number of hydrogen-bond acceptors (Lipinski definition) is 3. The number of furan rings is 1. The second-order valence-electron chi connectivity index (χ2n) is 5.44. The van der Waals surface area contributed by atoms with E-state index in [0.29, 0.717) is 6.54 Å². The van der Waals surface area contributed by atoms with E-state index in [1.165, 1.54) is 0 Å². The molecule has 0 saturated heterocycles. The Kier molecular flexibility index (Phi) is 3.31. The predicted octanol–water partition coefficient (Wildman–Crippen LogP) is 3.13. The van der Waals surface area contributed by atoms with Crippen LogP contribution in [0, 0.1) is 0 Å². The molecule has 1 aliphatic rings. The van der Waals surface area contributed by atoms with Gasteiger partial charge in [0.1, 0.15) is 0 Å². The van der Waals surface area contributed by atoms with Crippen molar-refractivity contribution in [2.45, 2.75) is 6.42 Å². The van der Waals surface area contributed by atoms with Crippen LogP contribution >= 0.6 is 0 Å². The summed E-state index contributed by atoms with van der Waals surface area (Å²) >= 11 is 0. The van der Waals surface area contributed by atoms with Gasteiger partial charge in [-0.25, -0.2) is 0 Å². The second-order valence-corrected chi connectivity index (χ2v) is 5.44. The zero-order chi connectivity index (χ0) is 15.6. The molecule has 3 aromatic rings. The molecule has 0 radical (unpaired) electrons. The first-order valence-electron chi connectivity index (χ1n) is 7.46. The third-order valence-corrected chi connectivity index (χ3v) is 3.89. The van der Waals surface area contributed by atoms with Gasteiger partial charge in [-0.05, 0) is 36.4 Å². The zero-order valence-corrected chi connectivity index (χ0v) is 12.4. The monoisotopic (exact) mass is 305 g/mol. The van der Waals surface area contributed by atoms with Crippen molar-refractivity contribution in [1.29, 1.82) is 0 Å². The maximum Gasteiger partial charge on any atom is 0.253 e. The van der Waals surface area contributed by atoms with Gasteiger partial charge >= 0.3 is 0 Å². The molecule has 3 aromatic heterocycles. The molecule has 4 rings (SSSR count). The van der Waals surface area contributed by atoms with E-state index < -0.39 is 0 Å². The van der Waals surface area contributed by atoms with Gasteiger partial charge < -0.3 is 14.7 Å². The van der Waals surface area contributed by atoms with Gasteiger partial charge in [-0.3, -0.25) is 9.78 Å². The maximum absolute atomic E-state index is 11.9. The highest BCUT2D eigenvalue weighted by Gasteiger charge is 2.19. The first-order valence-corrected chi connectivity index (χ1v) is 7.46. The number of amides is 1. The first-order chi connectivity index (χ1) is 11.3. The van der Waals surface area contributed by atoms with Crippen LogP contribution in [0.1, 0.15) is 27.3 Å². The van der Waals surface area contributed by atoms with Crippen LogP contribution in [0.25, 0.3) is 23.4 Å². The standard InChI is InChI=1S/C18H15N3O2/c22-18-15-10-17(21-16(15)4-7-20-18)13-3-6-19-14(9-13)2-1-12-5-8-23-11-12/h1-3,5-6,8-11,21H,4,7H2,(H,20,22). The lowest BCUT2D eigenvalue weighted by molar-refractivity contribution is 0.0946. The number of H-pyrrole nitrogens is 1. The fourth-order valence-electron chi connectivity index (χ4n) is 2.71. The summed E-state index contributed by atoms with van der Waals surface area (Å²) in [4.78, 5) is 19.6. The highest BCUT2D eigenvalue weighted by atomic mass is 16.3. The van der Waals surface area contributed by atoms with Crippen LogP contribution in [0.5, 0.6) is 0 Å². The Bertz CT molecular complexity index is 876. The molecule has 1 amide bonds. The van der Waals surface area contributed by atoms with Crippen molar-refractivity contribution in [3.63, 3.8) is 0 Å². The molecular weight excluding hydrogens is 290 g/mol. The van der Waals surface area contributed by atoms with Crippen LogP contribution in [0.3, 0.4) is 0 Å². The van der Waals surface area contributed by atoms with Crippen LogP contribution in [0.2, 0.25) is 0 Å². The van der Waals surface area contributed by atoms with E-state index in [4.69, 9.17) is 4.42 Å². The minimum Gasteiger partial charge on any atom is -0.472 e. The van der Waals surface area contributed by atoms with Gasteiger partial charge in [0.25, 0.3) is 5.91 Å². The van der Waals surface area contributed by atoms with Gasteiger partial charge in [-0.1, -0.05) is 0 Å². The van der Waals surface area contributed by atoms with Crippen LogP contribution in [-0.4, -0.2) is 22.4 Å². The average molecular weight is 305 g/mol. The smallest absolute Gasteiger partial charge is 0.253 e. The molecular formula is C18H15N3O2. The molecule has 4 heterocycles. The summed E-state index contributed by atoms with van der Waals surface area (Å²) in [6, 6.07) is 7.72. The van der Waals surface area contributed by atoms with Crippen molar-refractivity contribution in [2.24, 2.45) is 0 Å². The summed E-state index contributed by atoms with van der Waals surface area (Å²) in [5.41, 5.74) is 5.51. The SMILES string of the molecule is O=C1NCCc2[nH]c(-c3ccnc(C=Cc4ccoc4)c3)cc21. The predicted molar refractivity (Wildman–Crippen MR) is 87.7 cm³/mol. The quantitative estimate of drug-likeness (QED) is 0.781. The number of hydrogen-bond donors (Lipinski definition) is 2. The zero-order valence-electron chi connectivity index (χ0n) is 12.4. The maximum atomic E-state index is 11.9. The summed E-state index contributed by atoms with van der Waals surface area (Å²) < 4.78 is 5.04. The van der Waals surface area contributed by atoms with Crippen molar-refractivity contribution in [1.82, 2.24) is 15.3 Å². The fraction of sp³-hybridized carbons (Fsp3) is 0.111. The lowest BCUT2D eigenvalue weighted by atomic mass is 10.1. The van der Waals surface area contributed by atoms with Crippen molar-refractivity contribution in [3.05, 3.63) is 65.5 Å². The largest absolute Gasteiger partial charge is 0.472 e. The molecule has 0 spiro atoms. The highest BCUT2D eigenvalue weighted by molar-refractivity contribution is 5.97. The van der Waals surface area contributed by atoms with Gasteiger partial charge in [0, 0.05) is 41.7 Å². The third-order valence-electron chi connectivity index (χ3n) is 3.89. The van der Waals surface area contributed by atoms with Crippen molar-refractivity contribution < 1.29 is 9.21 Å². The molecule has 0 unspecified atom stereocenters. The Morgan fingerprint density at radius 2 is 2.17 bits per heavy atom. The van der Waals surface area contributed by atoms with Gasteiger partial charge in [0.2, 0.25) is 0 Å². The van der Waals surface area contributed by atoms with Gasteiger partial charge in [-0.15, -0.1) is 0 Å². The van der Waals surface area contributed by atoms with Gasteiger partial charge in [0.05, 0.1) is 23.8 Å². The van der Waals surface area contributed by atoms with Crippen molar-refractivity contribution >= 4 is 18.1 Å². The van der Waals surface area contributed by atoms with Gasteiger partial charge in [-0.2, -0.15) is 0 Å². The molecule has 23 heavy (non-hydrogen) atoms. The Morgan fingerprint density at radius 3 is 3.00 bits per heavy atom. The van der Waals surface area contributed by atoms with E-state index in [0.717, 1.165) is 40.2 Å². The molecule has 0 aromatic carbocycles. The highest BCUT2D eigenvalue weighted by Crippen LogP contribution is 2.24. The number of rotatable bonds is 3. The van der Waals surface area contributed by atoms with Crippen LogP contribution in [-0.2, 0) is 6.42 Å². The van der Waals surface area contributed by atoms with Crippen LogP contribution in [0.15, 0.2) is 47.4 Å². The van der Waals surface area contributed by atoms with E-state index in [9.17, 15) is 4.79 Å². The minimum absolute atomic E-state index is 0.0112. The first kappa shape index (κ1) is 13.6. The van der Waals surface area contributed by atoms with E-state index in [2.05, 4.69) is 15.3 Å². The number of pyridine rings is 1. The number of aromatic nitrogens is 2. The van der Waals surface area contributed by atoms with Crippen LogP contribution in [0.4, 0.5) is 0 Å². The molecule has 114 valence electrons. The second kappa shape index (κ2) is 5.61. The Morgan fingerprint density at radius 1 is 1.22 bits per heavy atom. The lowest BCUT2D eigenvalue weighted by Crippen LogP contribution is -2.31. The van der Waals surface area contributed by atoms with E-state index in [1.807, 2.05) is 36.4 Å². The van der Waals surface area contributed by atoms with Crippen molar-refractivity contribution in [2.75, 3.05) is 6.54 Å². The summed E-state index contributed by atoms with van der Waals surface area (Å²) in [5, 5.41) is 2.86. The van der Waals surface area contributed by atoms with Crippen molar-refractivity contribution in [3.8, 4) is 11.3 Å². The average Bonchev–Trinajstić information content (AvgIpc) is 3.23. The molecule has 2 N–H and O–H groups in total. The molecule has 0 bridgehead atoms. The molecule has 5 nitrogen and oxygen atoms in total. The Hall–Kier alpha value is -3.08. The molecule has 0 saturated carbocycles. The number of carbonyl (C=O) groups is 1.